The Morgan fingerprint density at radius 2 is 1.90 bits per heavy atom. The van der Waals surface area contributed by atoms with Crippen molar-refractivity contribution < 1.29 is 0 Å². The van der Waals surface area contributed by atoms with Crippen LogP contribution < -0.4 is 11.3 Å². The number of aromatic nitrogens is 4. The second-order valence-electron chi connectivity index (χ2n) is 7.32. The smallest absolute Gasteiger partial charge is 0.272 e. The van der Waals surface area contributed by atoms with E-state index in [1.54, 1.807) is 16.9 Å². The minimum Gasteiger partial charge on any atom is -0.325 e. The Kier molecular flexibility index (Phi) is 4.35. The summed E-state index contributed by atoms with van der Waals surface area (Å²) in [4.78, 5) is 12.2. The van der Waals surface area contributed by atoms with Gasteiger partial charge in [-0.25, -0.2) is 5.10 Å². The molecule has 0 amide bonds. The van der Waals surface area contributed by atoms with E-state index in [0.29, 0.717) is 22.0 Å². The summed E-state index contributed by atoms with van der Waals surface area (Å²) in [6.45, 7) is 0.208. The average molecular weight is 406 g/mol. The highest BCUT2D eigenvalue weighted by molar-refractivity contribution is 5.97. The largest absolute Gasteiger partial charge is 0.325 e. The van der Waals surface area contributed by atoms with Crippen LogP contribution in [0, 0.1) is 11.3 Å². The van der Waals surface area contributed by atoms with Crippen molar-refractivity contribution in [1.82, 2.24) is 20.0 Å². The van der Waals surface area contributed by atoms with Crippen LogP contribution in [0.2, 0.25) is 0 Å². The molecule has 0 bridgehead atoms. The Hall–Kier alpha value is -4.28. The van der Waals surface area contributed by atoms with E-state index in [4.69, 9.17) is 5.73 Å². The number of nitrogens with two attached hydrogens (primary N) is 1. The molecule has 0 aliphatic carbocycles. The number of nitrogens with zero attached hydrogens (tertiary/aromatic N) is 4. The van der Waals surface area contributed by atoms with Crippen LogP contribution in [0.25, 0.3) is 43.9 Å². The van der Waals surface area contributed by atoms with Crippen molar-refractivity contribution in [3.05, 3.63) is 82.4 Å². The van der Waals surface area contributed by atoms with Gasteiger partial charge in [-0.2, -0.15) is 15.5 Å². The number of rotatable bonds is 3. The van der Waals surface area contributed by atoms with Crippen molar-refractivity contribution in [1.29, 1.82) is 5.26 Å². The van der Waals surface area contributed by atoms with Crippen LogP contribution in [0.15, 0.2) is 65.6 Å². The molecule has 0 unspecified atom stereocenters. The van der Waals surface area contributed by atoms with E-state index in [-0.39, 0.29) is 12.1 Å². The first-order valence-electron chi connectivity index (χ1n) is 9.78. The van der Waals surface area contributed by atoms with E-state index in [0.717, 1.165) is 33.2 Å². The maximum atomic E-state index is 12.2. The van der Waals surface area contributed by atoms with Crippen LogP contribution in [-0.2, 0) is 13.6 Å². The summed E-state index contributed by atoms with van der Waals surface area (Å²) in [5.41, 5.74) is 10.2. The number of hydrogen-bond acceptors (Lipinski definition) is 5. The molecule has 2 aromatic heterocycles. The highest BCUT2D eigenvalue weighted by Crippen LogP contribution is 2.37. The SMILES string of the molecule is Cn1ncc(-c2ccc3c(=O)[nH]nc(CN)c3c2)c1-c1ccc2ccccc2c1C#N. The summed E-state index contributed by atoms with van der Waals surface area (Å²) in [5, 5.41) is 24.1. The molecule has 0 aliphatic heterocycles. The molecule has 0 atom stereocenters. The van der Waals surface area contributed by atoms with Crippen molar-refractivity contribution in [2.45, 2.75) is 6.54 Å². The van der Waals surface area contributed by atoms with Gasteiger partial charge < -0.3 is 5.73 Å². The van der Waals surface area contributed by atoms with Gasteiger partial charge in [-0.3, -0.25) is 9.48 Å². The van der Waals surface area contributed by atoms with E-state index < -0.39 is 0 Å². The maximum Gasteiger partial charge on any atom is 0.272 e. The van der Waals surface area contributed by atoms with E-state index in [2.05, 4.69) is 21.4 Å². The number of nitriles is 1. The third-order valence-corrected chi connectivity index (χ3v) is 5.61. The lowest BCUT2D eigenvalue weighted by Gasteiger charge is -2.12. The average Bonchev–Trinajstić information content (AvgIpc) is 3.19. The monoisotopic (exact) mass is 406 g/mol. The number of aryl methyl sites for hydroxylation is 1. The summed E-state index contributed by atoms with van der Waals surface area (Å²) in [5.74, 6) is 0. The zero-order valence-electron chi connectivity index (χ0n) is 16.8. The lowest BCUT2D eigenvalue weighted by atomic mass is 9.93. The first-order valence-corrected chi connectivity index (χ1v) is 9.78. The van der Waals surface area contributed by atoms with Gasteiger partial charge in [0.05, 0.1) is 28.5 Å². The Morgan fingerprint density at radius 3 is 2.71 bits per heavy atom. The number of benzene rings is 3. The molecule has 0 saturated carbocycles. The van der Waals surface area contributed by atoms with Crippen LogP contribution >= 0.6 is 0 Å². The van der Waals surface area contributed by atoms with Gasteiger partial charge in [-0.1, -0.05) is 42.5 Å². The quantitative estimate of drug-likeness (QED) is 0.476. The second-order valence-corrected chi connectivity index (χ2v) is 7.32. The zero-order chi connectivity index (χ0) is 21.5. The number of nitrogens with one attached hydrogen (secondary N) is 1. The maximum absolute atomic E-state index is 12.2. The molecule has 0 fully saturated rings. The van der Waals surface area contributed by atoms with Crippen molar-refractivity contribution in [3.63, 3.8) is 0 Å². The van der Waals surface area contributed by atoms with Gasteiger partial charge in [0, 0.05) is 35.5 Å². The fraction of sp³-hybridized carbons (Fsp3) is 0.0833. The van der Waals surface area contributed by atoms with Crippen LogP contribution in [0.4, 0.5) is 0 Å². The van der Waals surface area contributed by atoms with Crippen molar-refractivity contribution in [3.8, 4) is 28.5 Å². The topological polar surface area (TPSA) is 113 Å². The van der Waals surface area contributed by atoms with Crippen molar-refractivity contribution >= 4 is 21.5 Å². The van der Waals surface area contributed by atoms with E-state index >= 15 is 0 Å². The molecule has 2 heterocycles. The van der Waals surface area contributed by atoms with E-state index in [1.165, 1.54) is 0 Å². The molecule has 7 nitrogen and oxygen atoms in total. The Labute approximate surface area is 177 Å². The van der Waals surface area contributed by atoms with Gasteiger partial charge in [0.15, 0.2) is 0 Å². The molecule has 3 aromatic carbocycles. The highest BCUT2D eigenvalue weighted by atomic mass is 16.1. The summed E-state index contributed by atoms with van der Waals surface area (Å²) < 4.78 is 1.77. The van der Waals surface area contributed by atoms with Crippen LogP contribution in [-0.4, -0.2) is 20.0 Å². The Balaban J connectivity index is 1.79. The predicted molar refractivity (Wildman–Crippen MR) is 120 cm³/mol. The number of hydrogen-bond donors (Lipinski definition) is 2. The molecule has 0 saturated heterocycles. The molecule has 0 radical (unpaired) electrons. The number of H-pyrrole nitrogens is 1. The zero-order valence-corrected chi connectivity index (χ0v) is 16.8. The normalized spacial score (nSPS) is 11.1. The first kappa shape index (κ1) is 18.7. The number of fused-ring (bicyclic) bond motifs is 2. The third-order valence-electron chi connectivity index (χ3n) is 5.61. The van der Waals surface area contributed by atoms with Gasteiger partial charge >= 0.3 is 0 Å². The van der Waals surface area contributed by atoms with Gasteiger partial charge in [-0.15, -0.1) is 0 Å². The van der Waals surface area contributed by atoms with Crippen molar-refractivity contribution in [2.24, 2.45) is 12.8 Å². The molecule has 3 N–H and O–H groups in total. The molecule has 0 aliphatic rings. The predicted octanol–water partition coefficient (Wildman–Crippen LogP) is 3.47. The van der Waals surface area contributed by atoms with Crippen LogP contribution in [0.3, 0.4) is 0 Å². The summed E-state index contributed by atoms with van der Waals surface area (Å²) >= 11 is 0. The molecule has 150 valence electrons. The van der Waals surface area contributed by atoms with Crippen LogP contribution in [0.1, 0.15) is 11.3 Å². The second kappa shape index (κ2) is 7.20. The number of aromatic amines is 1. The van der Waals surface area contributed by atoms with Gasteiger partial charge in [0.1, 0.15) is 6.07 Å². The Morgan fingerprint density at radius 1 is 1.06 bits per heavy atom. The summed E-state index contributed by atoms with van der Waals surface area (Å²) in [6.07, 6.45) is 1.77. The molecule has 7 heteroatoms. The third kappa shape index (κ3) is 2.89. The van der Waals surface area contributed by atoms with Crippen molar-refractivity contribution in [2.75, 3.05) is 0 Å². The lowest BCUT2D eigenvalue weighted by Crippen LogP contribution is -2.13. The fourth-order valence-corrected chi connectivity index (χ4v) is 4.10. The van der Waals surface area contributed by atoms with Gasteiger partial charge in [0.25, 0.3) is 5.56 Å². The molecule has 5 aromatic rings. The van der Waals surface area contributed by atoms with Gasteiger partial charge in [0.2, 0.25) is 0 Å². The standard InChI is InChI=1S/C24H18N6O/c1-30-23(17-8-6-14-4-2-3-5-16(14)20(17)11-25)21(13-27-30)15-7-9-18-19(10-15)22(12-26)28-29-24(18)31/h2-10,13H,12,26H2,1H3,(H,29,31). The van der Waals surface area contributed by atoms with E-state index in [1.807, 2.05) is 55.6 Å². The van der Waals surface area contributed by atoms with Gasteiger partial charge in [-0.05, 0) is 23.1 Å². The molecule has 31 heavy (non-hydrogen) atoms. The van der Waals surface area contributed by atoms with Crippen LogP contribution in [0.5, 0.6) is 0 Å². The minimum absolute atomic E-state index is 0.208. The molecular weight excluding hydrogens is 388 g/mol. The summed E-state index contributed by atoms with van der Waals surface area (Å²) in [7, 11) is 1.85. The summed E-state index contributed by atoms with van der Waals surface area (Å²) in [6, 6.07) is 19.7. The fourth-order valence-electron chi connectivity index (χ4n) is 4.10. The molecule has 0 spiro atoms. The molecule has 5 rings (SSSR count). The Bertz CT molecular complexity index is 1570. The van der Waals surface area contributed by atoms with E-state index in [9.17, 15) is 10.1 Å². The minimum atomic E-state index is -0.258. The molecular formula is C24H18N6O. The first-order chi connectivity index (χ1) is 15.1. The highest BCUT2D eigenvalue weighted by Gasteiger charge is 2.19. The lowest BCUT2D eigenvalue weighted by molar-refractivity contribution is 0.776.